The van der Waals surface area contributed by atoms with Crippen molar-refractivity contribution in [2.45, 2.75) is 31.5 Å². The zero-order valence-electron chi connectivity index (χ0n) is 10.1. The molecule has 3 rings (SSSR count). The van der Waals surface area contributed by atoms with E-state index in [-0.39, 0.29) is 0 Å². The van der Waals surface area contributed by atoms with E-state index in [1.807, 2.05) is 0 Å². The maximum absolute atomic E-state index is 5.80. The van der Waals surface area contributed by atoms with Gasteiger partial charge < -0.3 is 10.1 Å². The third-order valence-electron chi connectivity index (χ3n) is 3.51. The molecular formula is C13H20N2OS. The smallest absolute Gasteiger partial charge is 0.0826 e. The van der Waals surface area contributed by atoms with Crippen LogP contribution in [-0.4, -0.2) is 43.3 Å². The van der Waals surface area contributed by atoms with Crippen LogP contribution in [0.3, 0.4) is 0 Å². The first-order valence-electron chi connectivity index (χ1n) is 6.49. The highest BCUT2D eigenvalue weighted by Crippen LogP contribution is 2.28. The molecule has 0 radical (unpaired) electrons. The second kappa shape index (κ2) is 5.48. The molecule has 1 aliphatic heterocycles. The van der Waals surface area contributed by atoms with Crippen molar-refractivity contribution >= 4 is 11.3 Å². The molecule has 0 aromatic carbocycles. The van der Waals surface area contributed by atoms with Crippen LogP contribution in [-0.2, 0) is 11.3 Å². The van der Waals surface area contributed by atoms with E-state index in [0.29, 0.717) is 6.10 Å². The lowest BCUT2D eigenvalue weighted by atomic mass is 10.2. The summed E-state index contributed by atoms with van der Waals surface area (Å²) in [4.78, 5) is 2.60. The molecule has 1 saturated heterocycles. The van der Waals surface area contributed by atoms with Crippen LogP contribution < -0.4 is 5.32 Å². The number of nitrogens with one attached hydrogen (secondary N) is 1. The number of nitrogens with zero attached hydrogens (tertiary/aromatic N) is 1. The molecule has 2 aliphatic rings. The minimum atomic E-state index is 0.378. The second-order valence-corrected chi connectivity index (χ2v) is 5.76. The van der Waals surface area contributed by atoms with E-state index in [1.54, 1.807) is 11.3 Å². The molecule has 2 fully saturated rings. The van der Waals surface area contributed by atoms with Gasteiger partial charge in [-0.3, -0.25) is 4.90 Å². The van der Waals surface area contributed by atoms with Gasteiger partial charge in [-0.15, -0.1) is 0 Å². The van der Waals surface area contributed by atoms with Gasteiger partial charge in [0.25, 0.3) is 0 Å². The van der Waals surface area contributed by atoms with Crippen LogP contribution in [0.15, 0.2) is 16.8 Å². The lowest BCUT2D eigenvalue weighted by molar-refractivity contribution is -0.0301. The number of hydrogen-bond donors (Lipinski definition) is 1. The number of rotatable bonds is 5. The van der Waals surface area contributed by atoms with Gasteiger partial charge in [0.15, 0.2) is 0 Å². The summed E-state index contributed by atoms with van der Waals surface area (Å²) >= 11 is 1.76. The Kier molecular flexibility index (Phi) is 3.76. The topological polar surface area (TPSA) is 24.5 Å². The highest BCUT2D eigenvalue weighted by atomic mass is 32.1. The second-order valence-electron chi connectivity index (χ2n) is 4.98. The van der Waals surface area contributed by atoms with E-state index in [4.69, 9.17) is 4.74 Å². The van der Waals surface area contributed by atoms with Gasteiger partial charge in [0.05, 0.1) is 12.7 Å². The predicted octanol–water partition coefficient (Wildman–Crippen LogP) is 1.70. The summed E-state index contributed by atoms with van der Waals surface area (Å²) in [5.74, 6) is 0. The predicted molar refractivity (Wildman–Crippen MR) is 70.4 cm³/mol. The molecule has 1 atom stereocenters. The van der Waals surface area contributed by atoms with Crippen molar-refractivity contribution in [1.29, 1.82) is 0 Å². The maximum atomic E-state index is 5.80. The van der Waals surface area contributed by atoms with Crippen molar-refractivity contribution in [2.24, 2.45) is 0 Å². The van der Waals surface area contributed by atoms with Gasteiger partial charge in [-0.25, -0.2) is 0 Å². The summed E-state index contributed by atoms with van der Waals surface area (Å²) in [6.07, 6.45) is 3.17. The van der Waals surface area contributed by atoms with Crippen molar-refractivity contribution in [3.63, 3.8) is 0 Å². The summed E-state index contributed by atoms with van der Waals surface area (Å²) in [7, 11) is 0. The molecular weight excluding hydrogens is 232 g/mol. The van der Waals surface area contributed by atoms with E-state index < -0.39 is 0 Å². The lowest BCUT2D eigenvalue weighted by Crippen LogP contribution is -2.47. The first-order chi connectivity index (χ1) is 8.42. The highest BCUT2D eigenvalue weighted by molar-refractivity contribution is 7.07. The molecule has 2 heterocycles. The van der Waals surface area contributed by atoms with E-state index in [9.17, 15) is 0 Å². The summed E-state index contributed by atoms with van der Waals surface area (Å²) in [6, 6.07) is 3.05. The molecule has 4 heteroatoms. The molecule has 1 N–H and O–H groups in total. The van der Waals surface area contributed by atoms with Crippen molar-refractivity contribution < 1.29 is 4.74 Å². The Balaban J connectivity index is 1.39. The Morgan fingerprint density at radius 3 is 3.18 bits per heavy atom. The SMILES string of the molecule is c1cc(CNC[C@@H]2CN(C3CC3)CCO2)cs1. The summed E-state index contributed by atoms with van der Waals surface area (Å²) in [6.45, 7) is 5.08. The fourth-order valence-corrected chi connectivity index (χ4v) is 3.08. The van der Waals surface area contributed by atoms with E-state index in [2.05, 4.69) is 27.0 Å². The largest absolute Gasteiger partial charge is 0.374 e. The number of hydrogen-bond acceptors (Lipinski definition) is 4. The van der Waals surface area contributed by atoms with Crippen molar-refractivity contribution in [3.05, 3.63) is 22.4 Å². The van der Waals surface area contributed by atoms with Crippen LogP contribution in [0.2, 0.25) is 0 Å². The monoisotopic (exact) mass is 252 g/mol. The molecule has 1 aromatic heterocycles. The van der Waals surface area contributed by atoms with E-state index in [1.165, 1.54) is 18.4 Å². The first kappa shape index (κ1) is 11.7. The quantitative estimate of drug-likeness (QED) is 0.863. The Hall–Kier alpha value is -0.420. The van der Waals surface area contributed by atoms with Gasteiger partial charge in [0.1, 0.15) is 0 Å². The van der Waals surface area contributed by atoms with Crippen molar-refractivity contribution in [1.82, 2.24) is 10.2 Å². The van der Waals surface area contributed by atoms with Crippen LogP contribution in [0.25, 0.3) is 0 Å². The molecule has 17 heavy (non-hydrogen) atoms. The van der Waals surface area contributed by atoms with Crippen LogP contribution in [0.4, 0.5) is 0 Å². The van der Waals surface area contributed by atoms with Crippen LogP contribution in [0.1, 0.15) is 18.4 Å². The minimum absolute atomic E-state index is 0.378. The molecule has 1 saturated carbocycles. The Morgan fingerprint density at radius 1 is 1.47 bits per heavy atom. The minimum Gasteiger partial charge on any atom is -0.374 e. The number of thiophene rings is 1. The summed E-state index contributed by atoms with van der Waals surface area (Å²) in [5.41, 5.74) is 1.38. The molecule has 1 aliphatic carbocycles. The Labute approximate surface area is 107 Å². The zero-order valence-corrected chi connectivity index (χ0v) is 10.9. The summed E-state index contributed by atoms with van der Waals surface area (Å²) < 4.78 is 5.80. The van der Waals surface area contributed by atoms with Gasteiger partial charge in [-0.2, -0.15) is 11.3 Å². The zero-order chi connectivity index (χ0) is 11.5. The number of morpholine rings is 1. The molecule has 94 valence electrons. The van der Waals surface area contributed by atoms with E-state index >= 15 is 0 Å². The Bertz CT molecular complexity index is 337. The molecule has 3 nitrogen and oxygen atoms in total. The lowest BCUT2D eigenvalue weighted by Gasteiger charge is -2.33. The molecule has 0 bridgehead atoms. The van der Waals surface area contributed by atoms with Crippen LogP contribution >= 0.6 is 11.3 Å². The fraction of sp³-hybridized carbons (Fsp3) is 0.692. The molecule has 0 spiro atoms. The third-order valence-corrected chi connectivity index (χ3v) is 4.25. The average Bonchev–Trinajstić information content (AvgIpc) is 3.09. The average molecular weight is 252 g/mol. The highest BCUT2D eigenvalue weighted by Gasteiger charge is 2.32. The van der Waals surface area contributed by atoms with Gasteiger partial charge in [0, 0.05) is 32.2 Å². The van der Waals surface area contributed by atoms with Gasteiger partial charge in [-0.05, 0) is 35.2 Å². The standard InChI is InChI=1S/C13H20N2OS/c1-2-12(1)15-4-5-16-13(9-15)8-14-7-11-3-6-17-10-11/h3,6,10,12-14H,1-2,4-5,7-9H2/t13-/m1/s1. The van der Waals surface area contributed by atoms with Gasteiger partial charge in [-0.1, -0.05) is 0 Å². The van der Waals surface area contributed by atoms with Gasteiger partial charge in [0.2, 0.25) is 0 Å². The molecule has 0 amide bonds. The van der Waals surface area contributed by atoms with Crippen LogP contribution in [0.5, 0.6) is 0 Å². The number of ether oxygens (including phenoxy) is 1. The maximum Gasteiger partial charge on any atom is 0.0826 e. The Morgan fingerprint density at radius 2 is 2.41 bits per heavy atom. The van der Waals surface area contributed by atoms with Crippen molar-refractivity contribution in [2.75, 3.05) is 26.2 Å². The van der Waals surface area contributed by atoms with Gasteiger partial charge >= 0.3 is 0 Å². The fourth-order valence-electron chi connectivity index (χ4n) is 2.41. The third kappa shape index (κ3) is 3.28. The normalized spacial score (nSPS) is 26.2. The first-order valence-corrected chi connectivity index (χ1v) is 7.43. The molecule has 1 aromatic rings. The van der Waals surface area contributed by atoms with Crippen LogP contribution in [0, 0.1) is 0 Å². The summed E-state index contributed by atoms with van der Waals surface area (Å²) in [5, 5.41) is 7.82. The van der Waals surface area contributed by atoms with Crippen molar-refractivity contribution in [3.8, 4) is 0 Å². The van der Waals surface area contributed by atoms with E-state index in [0.717, 1.165) is 38.8 Å². The molecule has 0 unspecified atom stereocenters.